The Morgan fingerprint density at radius 2 is 1.22 bits per heavy atom. The number of nitrogens with one attached hydrogen (secondary N) is 2. The lowest BCUT2D eigenvalue weighted by Gasteiger charge is -2.16. The van der Waals surface area contributed by atoms with Crippen molar-refractivity contribution in [3.63, 3.8) is 0 Å². The fourth-order valence-corrected chi connectivity index (χ4v) is 6.65. The minimum Gasteiger partial charge on any atom is -0.461 e. The van der Waals surface area contributed by atoms with E-state index in [0.717, 1.165) is 21.2 Å². The molecule has 67 heavy (non-hydrogen) atoms. The summed E-state index contributed by atoms with van der Waals surface area (Å²) in [7, 11) is 1.50. The van der Waals surface area contributed by atoms with Gasteiger partial charge in [-0.1, -0.05) is 36.4 Å². The van der Waals surface area contributed by atoms with Gasteiger partial charge in [0.05, 0.1) is 54.7 Å². The van der Waals surface area contributed by atoms with Crippen LogP contribution in [0.4, 0.5) is 38.0 Å². The number of aryl methyl sites for hydroxylation is 1. The van der Waals surface area contributed by atoms with Gasteiger partial charge in [0.2, 0.25) is 0 Å². The molecule has 0 radical (unpaired) electrons. The summed E-state index contributed by atoms with van der Waals surface area (Å²) in [5.74, 6) is -1.40. The van der Waals surface area contributed by atoms with Crippen molar-refractivity contribution in [2.24, 2.45) is 0 Å². The number of rotatable bonds is 16. The van der Waals surface area contributed by atoms with Crippen molar-refractivity contribution in [1.82, 2.24) is 49.1 Å². The SMILES string of the molecule is COCCOc1nccc(NC(=O)c2cnc3cc(COCCOc4nccc(NC(=O)c5cnc6c(C)cc(-c7ccccc7C(F)(F)F)nn56)n4)c(-c4ccccc4C(F)(F)F)nn23)n1. The van der Waals surface area contributed by atoms with Gasteiger partial charge in [0, 0.05) is 36.2 Å². The standard InChI is InChI=1S/C43H34F6N12O6/c1-24-19-30(26-7-3-5-9-28(26)42(44,45)46)58-61-32(22-53-37(24)61)39(63)55-34-12-14-51-41(57-34)67-18-16-65-23-25-20-35-52-21-31(38(62)54-33-11-13-50-40(56-33)66-17-15-64-2)60(35)59-36(25)27-8-4-6-10-29(27)43(47,48)49/h3-14,19-22H,15-18,23H2,1-2H3,(H,50,54,56,62)(H,51,55,57,63). The maximum absolute atomic E-state index is 14.3. The molecule has 0 aliphatic carbocycles. The molecule has 6 heterocycles. The molecule has 2 N–H and O–H groups in total. The second kappa shape index (κ2) is 19.2. The van der Waals surface area contributed by atoms with E-state index in [1.54, 1.807) is 6.92 Å². The molecule has 0 saturated heterocycles. The minimum atomic E-state index is -4.77. The quantitative estimate of drug-likeness (QED) is 0.0729. The molecule has 0 unspecified atom stereocenters. The van der Waals surface area contributed by atoms with E-state index in [1.807, 2.05) is 0 Å². The lowest BCUT2D eigenvalue weighted by atomic mass is 10.0. The first-order valence-corrected chi connectivity index (χ1v) is 19.8. The van der Waals surface area contributed by atoms with E-state index < -0.39 is 35.3 Å². The minimum absolute atomic E-state index is 0.00462. The Hall–Kier alpha value is -8.12. The van der Waals surface area contributed by atoms with Gasteiger partial charge < -0.3 is 29.6 Å². The van der Waals surface area contributed by atoms with Crippen LogP contribution in [0.5, 0.6) is 12.0 Å². The molecule has 344 valence electrons. The number of imidazole rings is 2. The molecule has 18 nitrogen and oxygen atoms in total. The zero-order valence-corrected chi connectivity index (χ0v) is 35.0. The summed E-state index contributed by atoms with van der Waals surface area (Å²) in [6.45, 7) is 1.50. The van der Waals surface area contributed by atoms with Crippen LogP contribution in [0.15, 0.2) is 97.6 Å². The summed E-state index contributed by atoms with van der Waals surface area (Å²) >= 11 is 0. The largest absolute Gasteiger partial charge is 0.461 e. The van der Waals surface area contributed by atoms with E-state index in [1.165, 1.54) is 92.6 Å². The zero-order valence-electron chi connectivity index (χ0n) is 35.0. The third-order valence-corrected chi connectivity index (χ3v) is 9.67. The molecule has 0 fully saturated rings. The van der Waals surface area contributed by atoms with Crippen LogP contribution in [0.2, 0.25) is 0 Å². The molecular formula is C43H34F6N12O6. The molecule has 24 heteroatoms. The van der Waals surface area contributed by atoms with E-state index in [9.17, 15) is 35.9 Å². The molecule has 0 aliphatic rings. The third kappa shape index (κ3) is 10.2. The van der Waals surface area contributed by atoms with Crippen LogP contribution in [0.1, 0.15) is 43.2 Å². The van der Waals surface area contributed by atoms with E-state index in [4.69, 9.17) is 18.9 Å². The smallest absolute Gasteiger partial charge is 0.417 e. The van der Waals surface area contributed by atoms with Crippen molar-refractivity contribution in [2.75, 3.05) is 44.2 Å². The second-order valence-electron chi connectivity index (χ2n) is 14.2. The second-order valence-corrected chi connectivity index (χ2v) is 14.2. The monoisotopic (exact) mass is 928 g/mol. The van der Waals surface area contributed by atoms with Crippen LogP contribution in [0.25, 0.3) is 33.8 Å². The molecule has 0 bridgehead atoms. The van der Waals surface area contributed by atoms with Crippen molar-refractivity contribution >= 4 is 34.7 Å². The lowest BCUT2D eigenvalue weighted by molar-refractivity contribution is -0.137. The lowest BCUT2D eigenvalue weighted by Crippen LogP contribution is -2.18. The average Bonchev–Trinajstić information content (AvgIpc) is 3.93. The maximum Gasteiger partial charge on any atom is 0.417 e. The van der Waals surface area contributed by atoms with Crippen LogP contribution in [0.3, 0.4) is 0 Å². The van der Waals surface area contributed by atoms with E-state index >= 15 is 0 Å². The zero-order chi connectivity index (χ0) is 47.3. The van der Waals surface area contributed by atoms with Crippen molar-refractivity contribution in [1.29, 1.82) is 0 Å². The molecule has 2 amide bonds. The van der Waals surface area contributed by atoms with E-state index in [0.29, 0.717) is 5.56 Å². The Labute approximate surface area is 374 Å². The number of anilines is 2. The van der Waals surface area contributed by atoms with Gasteiger partial charge in [-0.25, -0.2) is 29.0 Å². The summed E-state index contributed by atoms with van der Waals surface area (Å²) in [5, 5.41) is 14.0. The molecule has 0 atom stereocenters. The number of fused-ring (bicyclic) bond motifs is 2. The average molecular weight is 929 g/mol. The number of alkyl halides is 6. The molecular weight excluding hydrogens is 895 g/mol. The van der Waals surface area contributed by atoms with Gasteiger partial charge in [0.1, 0.15) is 24.8 Å². The number of methoxy groups -OCH3 is 1. The van der Waals surface area contributed by atoms with Crippen LogP contribution >= 0.6 is 0 Å². The predicted octanol–water partition coefficient (Wildman–Crippen LogP) is 7.16. The van der Waals surface area contributed by atoms with Gasteiger partial charge in [-0.05, 0) is 48.9 Å². The topological polar surface area (TPSA) is 207 Å². The van der Waals surface area contributed by atoms with E-state index in [-0.39, 0.29) is 107 Å². The number of carbonyl (C=O) groups is 2. The number of benzene rings is 2. The van der Waals surface area contributed by atoms with Gasteiger partial charge in [-0.3, -0.25) is 9.59 Å². The first-order valence-electron chi connectivity index (χ1n) is 19.8. The highest BCUT2D eigenvalue weighted by Crippen LogP contribution is 2.39. The summed E-state index contributed by atoms with van der Waals surface area (Å²) in [4.78, 5) is 51.7. The molecule has 0 aliphatic heterocycles. The normalized spacial score (nSPS) is 11.8. The highest BCUT2D eigenvalue weighted by Gasteiger charge is 2.35. The van der Waals surface area contributed by atoms with Gasteiger partial charge >= 0.3 is 24.4 Å². The summed E-state index contributed by atoms with van der Waals surface area (Å²) in [5.41, 5.74) is -1.69. The molecule has 0 saturated carbocycles. The maximum atomic E-state index is 14.3. The molecule has 2 aromatic carbocycles. The Morgan fingerprint density at radius 3 is 1.85 bits per heavy atom. The van der Waals surface area contributed by atoms with Crippen molar-refractivity contribution in [2.45, 2.75) is 25.9 Å². The molecule has 0 spiro atoms. The predicted molar refractivity (Wildman–Crippen MR) is 224 cm³/mol. The summed E-state index contributed by atoms with van der Waals surface area (Å²) in [6, 6.07) is 15.2. The van der Waals surface area contributed by atoms with Crippen LogP contribution in [-0.2, 0) is 28.4 Å². The molecule has 8 rings (SSSR count). The Bertz CT molecular complexity index is 3110. The van der Waals surface area contributed by atoms with Crippen molar-refractivity contribution in [3.8, 4) is 34.5 Å². The number of halogens is 6. The third-order valence-electron chi connectivity index (χ3n) is 9.67. The highest BCUT2D eigenvalue weighted by molar-refractivity contribution is 6.03. The number of amides is 2. The van der Waals surface area contributed by atoms with Crippen molar-refractivity contribution in [3.05, 3.63) is 131 Å². The number of aromatic nitrogens is 10. The van der Waals surface area contributed by atoms with Gasteiger partial charge in [-0.15, -0.1) is 0 Å². The first-order chi connectivity index (χ1) is 32.2. The van der Waals surface area contributed by atoms with Crippen LogP contribution in [-0.4, -0.2) is 94.5 Å². The fraction of sp³-hybridized carbons (Fsp3) is 0.209. The fourth-order valence-electron chi connectivity index (χ4n) is 6.65. The Kier molecular flexibility index (Phi) is 13.0. The number of nitrogens with zero attached hydrogens (tertiary/aromatic N) is 10. The van der Waals surface area contributed by atoms with Gasteiger partial charge in [0.25, 0.3) is 11.8 Å². The highest BCUT2D eigenvalue weighted by atomic mass is 19.4. The Balaban J connectivity index is 0.953. The summed E-state index contributed by atoms with van der Waals surface area (Å²) < 4.78 is 108. The van der Waals surface area contributed by atoms with Gasteiger partial charge in [0.15, 0.2) is 22.7 Å². The molecule has 8 aromatic rings. The number of hydrogen-bond acceptors (Lipinski definition) is 14. The Morgan fingerprint density at radius 1 is 0.657 bits per heavy atom. The van der Waals surface area contributed by atoms with E-state index in [2.05, 4.69) is 50.7 Å². The van der Waals surface area contributed by atoms with Crippen LogP contribution < -0.4 is 20.1 Å². The number of carbonyl (C=O) groups excluding carboxylic acids is 2. The number of ether oxygens (including phenoxy) is 4. The van der Waals surface area contributed by atoms with Gasteiger partial charge in [-0.2, -0.15) is 46.5 Å². The van der Waals surface area contributed by atoms with Crippen molar-refractivity contribution < 1.29 is 54.9 Å². The summed E-state index contributed by atoms with van der Waals surface area (Å²) in [6.07, 6.45) is -4.33. The first kappa shape index (κ1) is 45.4. The molecule has 6 aromatic heterocycles. The van der Waals surface area contributed by atoms with Crippen LogP contribution in [0, 0.1) is 6.92 Å². The number of hydrogen-bond donors (Lipinski definition) is 2.